The molecule has 0 atom stereocenters. The molecule has 0 spiro atoms. The molecule has 1 fully saturated rings. The van der Waals surface area contributed by atoms with Crippen LogP contribution in [0.15, 0.2) is 18.2 Å². The standard InChI is InChI=1S/C15H19ClN2/c16-14-9-13(10-17)7-8-15(14)18-11-12-5-3-1-2-4-6-12/h7-9,12,18H,1-6,11H2. The van der Waals surface area contributed by atoms with E-state index in [0.29, 0.717) is 10.6 Å². The molecule has 0 amide bonds. The Morgan fingerprint density at radius 2 is 1.94 bits per heavy atom. The normalized spacial score (nSPS) is 16.9. The monoisotopic (exact) mass is 262 g/mol. The van der Waals surface area contributed by atoms with Crippen molar-refractivity contribution in [2.24, 2.45) is 5.92 Å². The van der Waals surface area contributed by atoms with Crippen LogP contribution >= 0.6 is 11.6 Å². The van der Waals surface area contributed by atoms with Crippen molar-refractivity contribution in [3.63, 3.8) is 0 Å². The molecule has 0 aromatic heterocycles. The van der Waals surface area contributed by atoms with E-state index in [0.717, 1.165) is 18.2 Å². The van der Waals surface area contributed by atoms with Crippen molar-refractivity contribution in [1.82, 2.24) is 0 Å². The van der Waals surface area contributed by atoms with Crippen LogP contribution in [0.25, 0.3) is 0 Å². The number of anilines is 1. The van der Waals surface area contributed by atoms with Crippen LogP contribution in [0.1, 0.15) is 44.1 Å². The summed E-state index contributed by atoms with van der Waals surface area (Å²) in [5.74, 6) is 0.763. The van der Waals surface area contributed by atoms with E-state index in [2.05, 4.69) is 11.4 Å². The number of hydrogen-bond acceptors (Lipinski definition) is 2. The van der Waals surface area contributed by atoms with Gasteiger partial charge in [0.05, 0.1) is 22.3 Å². The van der Waals surface area contributed by atoms with Gasteiger partial charge in [-0.25, -0.2) is 0 Å². The molecule has 1 aromatic carbocycles. The van der Waals surface area contributed by atoms with Crippen molar-refractivity contribution < 1.29 is 0 Å². The Bertz CT molecular complexity index is 429. The summed E-state index contributed by atoms with van der Waals surface area (Å²) in [7, 11) is 0. The van der Waals surface area contributed by atoms with E-state index in [9.17, 15) is 0 Å². The third-order valence-corrected chi connectivity index (χ3v) is 3.97. The van der Waals surface area contributed by atoms with Crippen LogP contribution in [0.5, 0.6) is 0 Å². The smallest absolute Gasteiger partial charge is 0.0992 e. The van der Waals surface area contributed by atoms with Crippen molar-refractivity contribution in [3.05, 3.63) is 28.8 Å². The van der Waals surface area contributed by atoms with E-state index >= 15 is 0 Å². The predicted molar refractivity (Wildman–Crippen MR) is 75.8 cm³/mol. The summed E-state index contributed by atoms with van der Waals surface area (Å²) < 4.78 is 0. The molecular weight excluding hydrogens is 244 g/mol. The van der Waals surface area contributed by atoms with E-state index in [1.54, 1.807) is 12.1 Å². The molecule has 0 unspecified atom stereocenters. The summed E-state index contributed by atoms with van der Waals surface area (Å²) in [6, 6.07) is 7.52. The maximum Gasteiger partial charge on any atom is 0.0992 e. The molecule has 1 aliphatic rings. The predicted octanol–water partition coefficient (Wildman–Crippen LogP) is 4.59. The number of nitrogens with zero attached hydrogens (tertiary/aromatic N) is 1. The molecule has 0 radical (unpaired) electrons. The summed E-state index contributed by atoms with van der Waals surface area (Å²) in [6.07, 6.45) is 8.12. The van der Waals surface area contributed by atoms with E-state index in [1.165, 1.54) is 38.5 Å². The molecule has 1 aromatic rings. The Morgan fingerprint density at radius 1 is 1.22 bits per heavy atom. The lowest BCUT2D eigenvalue weighted by Crippen LogP contribution is -2.13. The maximum atomic E-state index is 8.79. The molecule has 1 N–H and O–H groups in total. The van der Waals surface area contributed by atoms with Crippen molar-refractivity contribution >= 4 is 17.3 Å². The first-order valence-corrected chi connectivity index (χ1v) is 7.11. The summed E-state index contributed by atoms with van der Waals surface area (Å²) in [6.45, 7) is 0.992. The van der Waals surface area contributed by atoms with Crippen LogP contribution in [-0.2, 0) is 0 Å². The minimum Gasteiger partial charge on any atom is -0.384 e. The second-order valence-electron chi connectivity index (χ2n) is 5.04. The van der Waals surface area contributed by atoms with Gasteiger partial charge in [-0.1, -0.05) is 37.3 Å². The van der Waals surface area contributed by atoms with Crippen molar-refractivity contribution in [2.75, 3.05) is 11.9 Å². The summed E-state index contributed by atoms with van der Waals surface area (Å²) in [5, 5.41) is 12.9. The van der Waals surface area contributed by atoms with Gasteiger partial charge in [0.15, 0.2) is 0 Å². The van der Waals surface area contributed by atoms with Gasteiger partial charge in [0.25, 0.3) is 0 Å². The molecule has 1 aliphatic carbocycles. The number of halogens is 1. The van der Waals surface area contributed by atoms with Crippen molar-refractivity contribution in [3.8, 4) is 6.07 Å². The molecule has 18 heavy (non-hydrogen) atoms. The molecule has 0 saturated heterocycles. The quantitative estimate of drug-likeness (QED) is 0.809. The fourth-order valence-electron chi connectivity index (χ4n) is 2.55. The van der Waals surface area contributed by atoms with Crippen LogP contribution in [0.3, 0.4) is 0 Å². The SMILES string of the molecule is N#Cc1ccc(NCC2CCCCCC2)c(Cl)c1. The minimum atomic E-state index is 0.611. The average Bonchev–Trinajstić information content (AvgIpc) is 2.66. The molecule has 0 bridgehead atoms. The molecule has 96 valence electrons. The molecular formula is C15H19ClN2. The molecule has 1 saturated carbocycles. The highest BCUT2D eigenvalue weighted by atomic mass is 35.5. The molecule has 0 aliphatic heterocycles. The molecule has 2 rings (SSSR count). The van der Waals surface area contributed by atoms with Gasteiger partial charge < -0.3 is 5.32 Å². The lowest BCUT2D eigenvalue weighted by Gasteiger charge is -2.16. The first kappa shape index (κ1) is 13.2. The van der Waals surface area contributed by atoms with Gasteiger partial charge in [-0.2, -0.15) is 5.26 Å². The van der Waals surface area contributed by atoms with Crippen molar-refractivity contribution in [1.29, 1.82) is 5.26 Å². The van der Waals surface area contributed by atoms with Gasteiger partial charge in [-0.3, -0.25) is 0 Å². The zero-order valence-electron chi connectivity index (χ0n) is 10.6. The lowest BCUT2D eigenvalue weighted by atomic mass is 10.0. The first-order chi connectivity index (χ1) is 8.79. The second kappa shape index (κ2) is 6.66. The van der Waals surface area contributed by atoms with Crippen LogP contribution in [0.2, 0.25) is 5.02 Å². The van der Waals surface area contributed by atoms with Crippen molar-refractivity contribution in [2.45, 2.75) is 38.5 Å². The fraction of sp³-hybridized carbons (Fsp3) is 0.533. The number of hydrogen-bond donors (Lipinski definition) is 1. The summed E-state index contributed by atoms with van der Waals surface area (Å²) in [5.41, 5.74) is 1.56. The van der Waals surface area contributed by atoms with Crippen LogP contribution in [-0.4, -0.2) is 6.54 Å². The molecule has 3 heteroatoms. The zero-order valence-corrected chi connectivity index (χ0v) is 11.3. The summed E-state index contributed by atoms with van der Waals surface area (Å²) >= 11 is 6.14. The molecule has 2 nitrogen and oxygen atoms in total. The van der Waals surface area contributed by atoms with Gasteiger partial charge in [-0.05, 0) is 37.0 Å². The number of nitrogens with one attached hydrogen (secondary N) is 1. The second-order valence-corrected chi connectivity index (χ2v) is 5.45. The van der Waals surface area contributed by atoms with E-state index in [-0.39, 0.29) is 0 Å². The Kier molecular flexibility index (Phi) is 4.90. The van der Waals surface area contributed by atoms with Gasteiger partial charge in [0, 0.05) is 6.54 Å². The fourth-order valence-corrected chi connectivity index (χ4v) is 2.80. The Labute approximate surface area is 114 Å². The highest BCUT2D eigenvalue weighted by molar-refractivity contribution is 6.33. The Balaban J connectivity index is 1.91. The van der Waals surface area contributed by atoms with Gasteiger partial charge in [0.1, 0.15) is 0 Å². The Hall–Kier alpha value is -1.20. The first-order valence-electron chi connectivity index (χ1n) is 6.73. The average molecular weight is 263 g/mol. The highest BCUT2D eigenvalue weighted by Crippen LogP contribution is 2.26. The third kappa shape index (κ3) is 3.65. The number of nitriles is 1. The van der Waals surface area contributed by atoms with E-state index < -0.39 is 0 Å². The van der Waals surface area contributed by atoms with E-state index in [1.807, 2.05) is 6.07 Å². The molecule has 0 heterocycles. The third-order valence-electron chi connectivity index (χ3n) is 3.65. The van der Waals surface area contributed by atoms with E-state index in [4.69, 9.17) is 16.9 Å². The minimum absolute atomic E-state index is 0.611. The largest absolute Gasteiger partial charge is 0.384 e. The number of rotatable bonds is 3. The maximum absolute atomic E-state index is 8.79. The van der Waals surface area contributed by atoms with Crippen LogP contribution < -0.4 is 5.32 Å². The lowest BCUT2D eigenvalue weighted by molar-refractivity contribution is 0.483. The Morgan fingerprint density at radius 3 is 2.56 bits per heavy atom. The summed E-state index contributed by atoms with van der Waals surface area (Å²) in [4.78, 5) is 0. The van der Waals surface area contributed by atoms with Gasteiger partial charge in [-0.15, -0.1) is 0 Å². The van der Waals surface area contributed by atoms with Gasteiger partial charge >= 0.3 is 0 Å². The zero-order chi connectivity index (χ0) is 12.8. The van der Waals surface area contributed by atoms with Gasteiger partial charge in [0.2, 0.25) is 0 Å². The van der Waals surface area contributed by atoms with Crippen LogP contribution in [0, 0.1) is 17.2 Å². The van der Waals surface area contributed by atoms with Crippen LogP contribution in [0.4, 0.5) is 5.69 Å². The highest BCUT2D eigenvalue weighted by Gasteiger charge is 2.12. The number of benzene rings is 1. The topological polar surface area (TPSA) is 35.8 Å².